The van der Waals surface area contributed by atoms with Crippen LogP contribution in [0.4, 0.5) is 10.4 Å². The van der Waals surface area contributed by atoms with Gasteiger partial charge in [-0.05, 0) is 24.6 Å². The third kappa shape index (κ3) is 2.94. The molecule has 0 unspecified atom stereocenters. The Bertz CT molecular complexity index is 515. The molecule has 0 bridgehead atoms. The predicted octanol–water partition coefficient (Wildman–Crippen LogP) is 2.88. The van der Waals surface area contributed by atoms with E-state index in [-0.39, 0.29) is 5.82 Å². The van der Waals surface area contributed by atoms with Crippen LogP contribution in [0.5, 0.6) is 0 Å². The van der Waals surface area contributed by atoms with Crippen LogP contribution in [0.3, 0.4) is 0 Å². The van der Waals surface area contributed by atoms with Gasteiger partial charge in [0.25, 0.3) is 0 Å². The van der Waals surface area contributed by atoms with Crippen LogP contribution in [0, 0.1) is 5.82 Å². The molecule has 0 aliphatic heterocycles. The topological polar surface area (TPSA) is 51.0 Å². The number of nitrogens with zero attached hydrogens (tertiary/aromatic N) is 2. The molecule has 1 aromatic heterocycles. The summed E-state index contributed by atoms with van der Waals surface area (Å²) in [6.07, 6.45) is 0.411. The van der Waals surface area contributed by atoms with E-state index in [4.69, 9.17) is 16.1 Å². The van der Waals surface area contributed by atoms with E-state index in [1.807, 2.05) is 6.92 Å². The van der Waals surface area contributed by atoms with Crippen molar-refractivity contribution in [2.75, 3.05) is 11.9 Å². The summed E-state index contributed by atoms with van der Waals surface area (Å²) >= 11 is 5.91. The number of halogens is 2. The van der Waals surface area contributed by atoms with Crippen LogP contribution in [0.2, 0.25) is 5.02 Å². The molecule has 2 aromatic rings. The van der Waals surface area contributed by atoms with E-state index in [1.165, 1.54) is 12.1 Å². The van der Waals surface area contributed by atoms with Crippen molar-refractivity contribution < 1.29 is 8.91 Å². The molecule has 0 radical (unpaired) electrons. The maximum absolute atomic E-state index is 12.8. The highest BCUT2D eigenvalue weighted by Crippen LogP contribution is 2.19. The maximum Gasteiger partial charge on any atom is 0.321 e. The molecule has 90 valence electrons. The molecule has 0 aliphatic rings. The second kappa shape index (κ2) is 5.14. The Kier molecular flexibility index (Phi) is 3.58. The van der Waals surface area contributed by atoms with E-state index in [9.17, 15) is 4.39 Å². The molecule has 0 aliphatic carbocycles. The van der Waals surface area contributed by atoms with Crippen LogP contribution in [0.25, 0.3) is 0 Å². The molecule has 1 N–H and O–H groups in total. The monoisotopic (exact) mass is 255 g/mol. The number of nitrogens with one attached hydrogen (secondary N) is 1. The highest BCUT2D eigenvalue weighted by atomic mass is 35.5. The standard InChI is InChI=1S/C11H11ClFN3O/c1-2-14-11-15-10(16-17-11)5-7-3-4-8(13)6-9(7)12/h3-4,6H,2,5H2,1H3,(H,14,15,16). The highest BCUT2D eigenvalue weighted by molar-refractivity contribution is 6.31. The smallest absolute Gasteiger partial charge is 0.321 e. The van der Waals surface area contributed by atoms with Gasteiger partial charge in [0.15, 0.2) is 5.82 Å². The number of hydrogen-bond acceptors (Lipinski definition) is 4. The van der Waals surface area contributed by atoms with Crippen LogP contribution in [-0.2, 0) is 6.42 Å². The number of aromatic nitrogens is 2. The molecule has 2 rings (SSSR count). The number of rotatable bonds is 4. The van der Waals surface area contributed by atoms with Crippen molar-refractivity contribution in [1.82, 2.24) is 10.1 Å². The Balaban J connectivity index is 2.13. The fraction of sp³-hybridized carbons (Fsp3) is 0.273. The van der Waals surface area contributed by atoms with Crippen molar-refractivity contribution >= 4 is 17.6 Å². The molecule has 17 heavy (non-hydrogen) atoms. The Morgan fingerprint density at radius 1 is 1.47 bits per heavy atom. The zero-order chi connectivity index (χ0) is 12.3. The van der Waals surface area contributed by atoms with Crippen molar-refractivity contribution in [3.05, 3.63) is 40.4 Å². The van der Waals surface area contributed by atoms with Gasteiger partial charge in [0, 0.05) is 18.0 Å². The summed E-state index contributed by atoms with van der Waals surface area (Å²) in [5.41, 5.74) is 0.761. The first-order chi connectivity index (χ1) is 8.19. The van der Waals surface area contributed by atoms with E-state index in [2.05, 4.69) is 15.5 Å². The van der Waals surface area contributed by atoms with Crippen molar-refractivity contribution in [2.24, 2.45) is 0 Å². The lowest BCUT2D eigenvalue weighted by atomic mass is 10.1. The minimum absolute atomic E-state index is 0.361. The summed E-state index contributed by atoms with van der Waals surface area (Å²) in [4.78, 5) is 4.12. The van der Waals surface area contributed by atoms with Crippen LogP contribution < -0.4 is 5.32 Å². The quantitative estimate of drug-likeness (QED) is 0.913. The average molecular weight is 256 g/mol. The lowest BCUT2D eigenvalue weighted by molar-refractivity contribution is 0.424. The molecular formula is C11H11ClFN3O. The van der Waals surface area contributed by atoms with E-state index in [1.54, 1.807) is 6.07 Å². The van der Waals surface area contributed by atoms with Crippen molar-refractivity contribution in [3.8, 4) is 0 Å². The molecule has 4 nitrogen and oxygen atoms in total. The summed E-state index contributed by atoms with van der Waals surface area (Å²) < 4.78 is 17.8. The van der Waals surface area contributed by atoms with E-state index >= 15 is 0 Å². The largest absolute Gasteiger partial charge is 0.338 e. The lowest BCUT2D eigenvalue weighted by Crippen LogP contribution is -1.97. The molecule has 6 heteroatoms. The Morgan fingerprint density at radius 3 is 3.00 bits per heavy atom. The van der Waals surface area contributed by atoms with E-state index in [0.717, 1.165) is 5.56 Å². The van der Waals surface area contributed by atoms with Gasteiger partial charge in [0.05, 0.1) is 0 Å². The second-order valence-corrected chi connectivity index (χ2v) is 3.87. The van der Waals surface area contributed by atoms with E-state index < -0.39 is 0 Å². The zero-order valence-electron chi connectivity index (χ0n) is 9.20. The van der Waals surface area contributed by atoms with Crippen molar-refractivity contribution in [1.29, 1.82) is 0 Å². The molecule has 0 fully saturated rings. The minimum Gasteiger partial charge on any atom is -0.338 e. The molecule has 0 atom stereocenters. The van der Waals surface area contributed by atoms with Gasteiger partial charge in [-0.2, -0.15) is 4.98 Å². The van der Waals surface area contributed by atoms with Gasteiger partial charge >= 0.3 is 6.01 Å². The molecule has 1 aromatic carbocycles. The fourth-order valence-corrected chi connectivity index (χ4v) is 1.62. The van der Waals surface area contributed by atoms with Gasteiger partial charge < -0.3 is 9.84 Å². The summed E-state index contributed by atoms with van der Waals surface area (Å²) in [7, 11) is 0. The summed E-state index contributed by atoms with van der Waals surface area (Å²) in [5.74, 6) is 0.148. The highest BCUT2D eigenvalue weighted by Gasteiger charge is 2.09. The zero-order valence-corrected chi connectivity index (χ0v) is 9.96. The second-order valence-electron chi connectivity index (χ2n) is 3.46. The van der Waals surface area contributed by atoms with Gasteiger partial charge in [-0.3, -0.25) is 0 Å². The first-order valence-corrected chi connectivity index (χ1v) is 5.57. The predicted molar refractivity (Wildman–Crippen MR) is 62.7 cm³/mol. The Morgan fingerprint density at radius 2 is 2.29 bits per heavy atom. The molecule has 0 saturated heterocycles. The molecule has 1 heterocycles. The SMILES string of the molecule is CCNc1nc(Cc2ccc(F)cc2Cl)no1. The van der Waals surface area contributed by atoms with Gasteiger partial charge in [0.1, 0.15) is 5.82 Å². The summed E-state index contributed by atoms with van der Waals surface area (Å²) in [5, 5.41) is 7.06. The maximum atomic E-state index is 12.8. The molecule has 0 spiro atoms. The lowest BCUT2D eigenvalue weighted by Gasteiger charge is -2.00. The normalized spacial score (nSPS) is 10.5. The van der Waals surface area contributed by atoms with Gasteiger partial charge in [-0.15, -0.1) is 0 Å². The first-order valence-electron chi connectivity index (χ1n) is 5.19. The molecule has 0 saturated carbocycles. The number of hydrogen-bond donors (Lipinski definition) is 1. The van der Waals surface area contributed by atoms with Gasteiger partial charge in [-0.1, -0.05) is 22.8 Å². The Hall–Kier alpha value is -1.62. The van der Waals surface area contributed by atoms with Crippen LogP contribution in [0.15, 0.2) is 22.7 Å². The van der Waals surface area contributed by atoms with Crippen LogP contribution in [-0.4, -0.2) is 16.7 Å². The van der Waals surface area contributed by atoms with Crippen molar-refractivity contribution in [2.45, 2.75) is 13.3 Å². The first kappa shape index (κ1) is 11.9. The number of anilines is 1. The summed E-state index contributed by atoms with van der Waals surface area (Å²) in [6.45, 7) is 2.64. The van der Waals surface area contributed by atoms with Crippen molar-refractivity contribution in [3.63, 3.8) is 0 Å². The van der Waals surface area contributed by atoms with E-state index in [0.29, 0.717) is 29.8 Å². The number of benzene rings is 1. The molecule has 0 amide bonds. The van der Waals surface area contributed by atoms with Crippen LogP contribution in [0.1, 0.15) is 18.3 Å². The fourth-order valence-electron chi connectivity index (χ4n) is 1.38. The van der Waals surface area contributed by atoms with Gasteiger partial charge in [-0.25, -0.2) is 4.39 Å². The Labute approximate surface area is 103 Å². The van der Waals surface area contributed by atoms with Gasteiger partial charge in [0.2, 0.25) is 0 Å². The summed E-state index contributed by atoms with van der Waals surface area (Å²) in [6, 6.07) is 4.61. The molecular weight excluding hydrogens is 245 g/mol. The minimum atomic E-state index is -0.361. The van der Waals surface area contributed by atoms with Crippen LogP contribution >= 0.6 is 11.6 Å². The third-order valence-corrected chi connectivity index (χ3v) is 2.51. The third-order valence-electron chi connectivity index (χ3n) is 2.16. The average Bonchev–Trinajstić information content (AvgIpc) is 2.71.